The zero-order valence-electron chi connectivity index (χ0n) is 10.4. The summed E-state index contributed by atoms with van der Waals surface area (Å²) in [6, 6.07) is 2.66. The SMILES string of the molecule is Cn1ncc(I)c1C(=O)Nc1c(Br)cc([N+](=O)[O-])cc1Br. The molecule has 0 aliphatic heterocycles. The molecule has 1 N–H and O–H groups in total. The highest BCUT2D eigenvalue weighted by atomic mass is 127. The highest BCUT2D eigenvalue weighted by Gasteiger charge is 2.20. The average Bonchev–Trinajstić information content (AvgIpc) is 2.73. The van der Waals surface area contributed by atoms with Crippen molar-refractivity contribution in [1.82, 2.24) is 9.78 Å². The molecule has 0 atom stereocenters. The number of rotatable bonds is 3. The first-order valence-corrected chi connectivity index (χ1v) is 8.10. The predicted molar refractivity (Wildman–Crippen MR) is 92.4 cm³/mol. The molecule has 2 aromatic rings. The van der Waals surface area contributed by atoms with Gasteiger partial charge in [-0.15, -0.1) is 0 Å². The molecule has 21 heavy (non-hydrogen) atoms. The number of hydrogen-bond donors (Lipinski definition) is 1. The largest absolute Gasteiger partial charge is 0.319 e. The molecule has 110 valence electrons. The van der Waals surface area contributed by atoms with Gasteiger partial charge in [-0.25, -0.2) is 0 Å². The monoisotopic (exact) mass is 528 g/mol. The Kier molecular flexibility index (Phi) is 4.99. The van der Waals surface area contributed by atoms with Gasteiger partial charge in [-0.2, -0.15) is 5.10 Å². The number of nitrogens with zero attached hydrogens (tertiary/aromatic N) is 3. The number of aromatic nitrogens is 2. The molecular weight excluding hydrogens is 523 g/mol. The Hall–Kier alpha value is -1.01. The van der Waals surface area contributed by atoms with Crippen LogP contribution in [0.15, 0.2) is 27.3 Å². The van der Waals surface area contributed by atoms with Crippen LogP contribution in [0.2, 0.25) is 0 Å². The number of non-ortho nitro benzene ring substituents is 1. The molecule has 2 rings (SSSR count). The first-order valence-electron chi connectivity index (χ1n) is 5.43. The quantitative estimate of drug-likeness (QED) is 0.373. The maximum atomic E-state index is 12.3. The number of aryl methyl sites for hydroxylation is 1. The van der Waals surface area contributed by atoms with E-state index in [1.807, 2.05) is 22.6 Å². The van der Waals surface area contributed by atoms with Gasteiger partial charge in [0.2, 0.25) is 0 Å². The fraction of sp³-hybridized carbons (Fsp3) is 0.0909. The van der Waals surface area contributed by atoms with Gasteiger partial charge in [0.05, 0.1) is 20.4 Å². The molecule has 0 radical (unpaired) electrons. The number of halogens is 3. The van der Waals surface area contributed by atoms with Crippen molar-refractivity contribution in [3.8, 4) is 0 Å². The zero-order valence-corrected chi connectivity index (χ0v) is 15.8. The molecule has 1 amide bonds. The van der Waals surface area contributed by atoms with E-state index in [9.17, 15) is 14.9 Å². The van der Waals surface area contributed by atoms with E-state index in [0.29, 0.717) is 23.9 Å². The Bertz CT molecular complexity index is 705. The number of nitrogens with one attached hydrogen (secondary N) is 1. The molecule has 1 aromatic carbocycles. The van der Waals surface area contributed by atoms with Gasteiger partial charge in [-0.3, -0.25) is 19.6 Å². The minimum absolute atomic E-state index is 0.0816. The van der Waals surface area contributed by atoms with E-state index >= 15 is 0 Å². The number of nitro benzene ring substituents is 1. The lowest BCUT2D eigenvalue weighted by molar-refractivity contribution is -0.385. The van der Waals surface area contributed by atoms with Crippen molar-refractivity contribution in [2.24, 2.45) is 7.05 Å². The Morgan fingerprint density at radius 1 is 1.43 bits per heavy atom. The lowest BCUT2D eigenvalue weighted by Crippen LogP contribution is -2.18. The van der Waals surface area contributed by atoms with Gasteiger partial charge >= 0.3 is 0 Å². The van der Waals surface area contributed by atoms with Gasteiger partial charge in [0.15, 0.2) is 0 Å². The highest BCUT2D eigenvalue weighted by Crippen LogP contribution is 2.35. The summed E-state index contributed by atoms with van der Waals surface area (Å²) in [6.45, 7) is 0. The first kappa shape index (κ1) is 16.4. The van der Waals surface area contributed by atoms with Crippen molar-refractivity contribution in [1.29, 1.82) is 0 Å². The summed E-state index contributed by atoms with van der Waals surface area (Å²) in [5.41, 5.74) is 0.747. The lowest BCUT2D eigenvalue weighted by atomic mass is 10.2. The Labute approximate surface area is 149 Å². The van der Waals surface area contributed by atoms with E-state index in [2.05, 4.69) is 42.3 Å². The van der Waals surface area contributed by atoms with Crippen molar-refractivity contribution < 1.29 is 9.72 Å². The Morgan fingerprint density at radius 3 is 2.43 bits per heavy atom. The van der Waals surface area contributed by atoms with Crippen LogP contribution in [0, 0.1) is 13.7 Å². The van der Waals surface area contributed by atoms with Crippen LogP contribution in [0.25, 0.3) is 0 Å². The second kappa shape index (κ2) is 6.40. The molecule has 0 spiro atoms. The van der Waals surface area contributed by atoms with Gasteiger partial charge in [-0.05, 0) is 54.5 Å². The van der Waals surface area contributed by atoms with Crippen LogP contribution < -0.4 is 5.32 Å². The maximum Gasteiger partial charge on any atom is 0.275 e. The van der Waals surface area contributed by atoms with Crippen molar-refractivity contribution in [2.75, 3.05) is 5.32 Å². The third kappa shape index (κ3) is 3.43. The normalized spacial score (nSPS) is 10.5. The molecule has 0 unspecified atom stereocenters. The van der Waals surface area contributed by atoms with Gasteiger partial charge in [0.25, 0.3) is 11.6 Å². The number of carbonyl (C=O) groups is 1. The summed E-state index contributed by atoms with van der Waals surface area (Å²) in [5, 5.41) is 17.5. The molecule has 0 saturated carbocycles. The van der Waals surface area contributed by atoms with Crippen LogP contribution in [0.5, 0.6) is 0 Å². The van der Waals surface area contributed by atoms with Gasteiger partial charge < -0.3 is 5.32 Å². The van der Waals surface area contributed by atoms with Crippen LogP contribution in [0.1, 0.15) is 10.5 Å². The third-order valence-corrected chi connectivity index (χ3v) is 4.63. The fourth-order valence-corrected chi connectivity index (χ4v) is 3.70. The summed E-state index contributed by atoms with van der Waals surface area (Å²) in [4.78, 5) is 22.6. The Morgan fingerprint density at radius 2 is 2.00 bits per heavy atom. The molecule has 0 aliphatic carbocycles. The minimum Gasteiger partial charge on any atom is -0.319 e. The van der Waals surface area contributed by atoms with E-state index in [0.717, 1.165) is 0 Å². The van der Waals surface area contributed by atoms with Crippen LogP contribution in [-0.4, -0.2) is 20.6 Å². The van der Waals surface area contributed by atoms with Gasteiger partial charge in [-0.1, -0.05) is 0 Å². The molecular formula is C11H7Br2IN4O3. The molecule has 10 heteroatoms. The molecule has 7 nitrogen and oxygen atoms in total. The van der Waals surface area contributed by atoms with Crippen molar-refractivity contribution in [2.45, 2.75) is 0 Å². The summed E-state index contributed by atoms with van der Waals surface area (Å²) in [5.74, 6) is -0.352. The van der Waals surface area contributed by atoms with Crippen LogP contribution in [0.4, 0.5) is 11.4 Å². The summed E-state index contributed by atoms with van der Waals surface area (Å²) in [7, 11) is 1.66. The Balaban J connectivity index is 2.36. The summed E-state index contributed by atoms with van der Waals surface area (Å²) >= 11 is 8.46. The number of hydrogen-bond acceptors (Lipinski definition) is 4. The second-order valence-electron chi connectivity index (χ2n) is 3.96. The molecule has 0 fully saturated rings. The second-order valence-corrected chi connectivity index (χ2v) is 6.83. The number of benzene rings is 1. The van der Waals surface area contributed by atoms with E-state index in [4.69, 9.17) is 0 Å². The van der Waals surface area contributed by atoms with Crippen molar-refractivity contribution in [3.05, 3.63) is 46.7 Å². The van der Waals surface area contributed by atoms with E-state index in [1.54, 1.807) is 13.2 Å². The maximum absolute atomic E-state index is 12.3. The standard InChI is InChI=1S/C11H7Br2IN4O3/c1-17-10(8(14)4-15-17)11(19)16-9-6(12)2-5(18(20)21)3-7(9)13/h2-4H,1H3,(H,16,19). The minimum atomic E-state index is -0.509. The van der Waals surface area contributed by atoms with E-state index < -0.39 is 4.92 Å². The predicted octanol–water partition coefficient (Wildman–Crippen LogP) is 3.71. The highest BCUT2D eigenvalue weighted by molar-refractivity contribution is 14.1. The average molecular weight is 530 g/mol. The number of nitro groups is 1. The fourth-order valence-electron chi connectivity index (χ4n) is 1.62. The summed E-state index contributed by atoms with van der Waals surface area (Å²) < 4.78 is 2.99. The topological polar surface area (TPSA) is 90.1 Å². The molecule has 0 aliphatic rings. The van der Waals surface area contributed by atoms with Gasteiger partial charge in [0, 0.05) is 28.1 Å². The van der Waals surface area contributed by atoms with E-state index in [1.165, 1.54) is 16.8 Å². The van der Waals surface area contributed by atoms with Crippen LogP contribution in [-0.2, 0) is 7.05 Å². The van der Waals surface area contributed by atoms with E-state index in [-0.39, 0.29) is 11.6 Å². The van der Waals surface area contributed by atoms with Crippen LogP contribution >= 0.6 is 54.5 Å². The molecule has 0 saturated heterocycles. The van der Waals surface area contributed by atoms with Crippen molar-refractivity contribution in [3.63, 3.8) is 0 Å². The smallest absolute Gasteiger partial charge is 0.275 e. The molecule has 1 heterocycles. The lowest BCUT2D eigenvalue weighted by Gasteiger charge is -2.10. The first-order chi connectivity index (χ1) is 9.81. The zero-order chi connectivity index (χ0) is 15.7. The summed E-state index contributed by atoms with van der Waals surface area (Å²) in [6.07, 6.45) is 1.58. The molecule has 0 bridgehead atoms. The van der Waals surface area contributed by atoms with Crippen molar-refractivity contribution >= 4 is 71.7 Å². The number of anilines is 1. The molecule has 1 aromatic heterocycles. The number of carbonyl (C=O) groups excluding carboxylic acids is 1. The van der Waals surface area contributed by atoms with Gasteiger partial charge in [0.1, 0.15) is 5.69 Å². The number of amides is 1. The van der Waals surface area contributed by atoms with Crippen LogP contribution in [0.3, 0.4) is 0 Å². The third-order valence-electron chi connectivity index (χ3n) is 2.59.